The second-order valence-corrected chi connectivity index (χ2v) is 5.18. The predicted molar refractivity (Wildman–Crippen MR) is 90.3 cm³/mol. The van der Waals surface area contributed by atoms with Crippen LogP contribution >= 0.6 is 0 Å². The monoisotopic (exact) mass is 296 g/mol. The zero-order chi connectivity index (χ0) is 15.5. The lowest BCUT2D eigenvalue weighted by molar-refractivity contribution is -0.126. The van der Waals surface area contributed by atoms with Crippen LogP contribution in [0, 0.1) is 0 Å². The Morgan fingerprint density at radius 1 is 0.818 bits per heavy atom. The summed E-state index contributed by atoms with van der Waals surface area (Å²) >= 11 is 0. The van der Waals surface area contributed by atoms with E-state index in [4.69, 9.17) is 9.47 Å². The average molecular weight is 296 g/mol. The lowest BCUT2D eigenvalue weighted by Gasteiger charge is -2.15. The SMILES string of the molecule is CCCC=CC(OCc1ccccc1)OCc1ccccc1. The molecular formula is C20H24O2. The predicted octanol–water partition coefficient (Wildman–Crippen LogP) is 5.10. The van der Waals surface area contributed by atoms with Crippen molar-refractivity contribution in [3.63, 3.8) is 0 Å². The first-order valence-corrected chi connectivity index (χ1v) is 7.86. The molecule has 2 nitrogen and oxygen atoms in total. The maximum atomic E-state index is 5.89. The smallest absolute Gasteiger partial charge is 0.177 e. The van der Waals surface area contributed by atoms with E-state index in [0.29, 0.717) is 13.2 Å². The zero-order valence-electron chi connectivity index (χ0n) is 13.2. The van der Waals surface area contributed by atoms with Crippen LogP contribution in [0.15, 0.2) is 72.8 Å². The van der Waals surface area contributed by atoms with Crippen LogP contribution in [0.5, 0.6) is 0 Å². The minimum Gasteiger partial charge on any atom is -0.344 e. The van der Waals surface area contributed by atoms with Gasteiger partial charge in [-0.15, -0.1) is 0 Å². The van der Waals surface area contributed by atoms with Gasteiger partial charge in [0.05, 0.1) is 13.2 Å². The fourth-order valence-corrected chi connectivity index (χ4v) is 2.04. The molecule has 0 saturated carbocycles. The summed E-state index contributed by atoms with van der Waals surface area (Å²) in [6.07, 6.45) is 5.99. The number of hydrogen-bond donors (Lipinski definition) is 0. The molecule has 0 N–H and O–H groups in total. The second-order valence-electron chi connectivity index (χ2n) is 5.18. The van der Waals surface area contributed by atoms with Gasteiger partial charge < -0.3 is 9.47 Å². The van der Waals surface area contributed by atoms with Crippen LogP contribution in [0.4, 0.5) is 0 Å². The molecule has 2 heteroatoms. The molecule has 0 aliphatic heterocycles. The molecule has 0 heterocycles. The van der Waals surface area contributed by atoms with Crippen molar-refractivity contribution in [3.8, 4) is 0 Å². The lowest BCUT2D eigenvalue weighted by Crippen LogP contribution is -2.14. The Morgan fingerprint density at radius 3 is 1.77 bits per heavy atom. The van der Waals surface area contributed by atoms with Crippen LogP contribution in [0.25, 0.3) is 0 Å². The summed E-state index contributed by atoms with van der Waals surface area (Å²) in [5.74, 6) is 0. The maximum absolute atomic E-state index is 5.89. The van der Waals surface area contributed by atoms with Crippen molar-refractivity contribution in [3.05, 3.63) is 83.9 Å². The van der Waals surface area contributed by atoms with E-state index in [9.17, 15) is 0 Å². The molecule has 0 fully saturated rings. The molecule has 0 aliphatic carbocycles. The standard InChI is InChI=1S/C20H24O2/c1-2-3-6-15-20(21-16-18-11-7-4-8-12-18)22-17-19-13-9-5-10-14-19/h4-15,20H,2-3,16-17H2,1H3. The molecule has 0 saturated heterocycles. The molecule has 0 aliphatic rings. The molecule has 116 valence electrons. The van der Waals surface area contributed by atoms with E-state index in [2.05, 4.69) is 37.3 Å². The number of benzene rings is 2. The highest BCUT2D eigenvalue weighted by Crippen LogP contribution is 2.09. The highest BCUT2D eigenvalue weighted by Gasteiger charge is 2.06. The van der Waals surface area contributed by atoms with Gasteiger partial charge >= 0.3 is 0 Å². The molecule has 22 heavy (non-hydrogen) atoms. The third-order valence-electron chi connectivity index (χ3n) is 3.26. The summed E-state index contributed by atoms with van der Waals surface area (Å²) < 4.78 is 11.8. The van der Waals surface area contributed by atoms with Gasteiger partial charge in [0.15, 0.2) is 6.29 Å². The van der Waals surface area contributed by atoms with E-state index in [0.717, 1.165) is 24.0 Å². The molecule has 0 spiro atoms. The first-order chi connectivity index (χ1) is 10.9. The first kappa shape index (κ1) is 16.5. The summed E-state index contributed by atoms with van der Waals surface area (Å²) in [6.45, 7) is 3.27. The van der Waals surface area contributed by atoms with Gasteiger partial charge in [0.1, 0.15) is 0 Å². The molecule has 2 aromatic rings. The molecule has 2 aromatic carbocycles. The third-order valence-corrected chi connectivity index (χ3v) is 3.26. The van der Waals surface area contributed by atoms with E-state index in [1.54, 1.807) is 0 Å². The highest BCUT2D eigenvalue weighted by atomic mass is 16.7. The summed E-state index contributed by atoms with van der Waals surface area (Å²) in [4.78, 5) is 0. The molecule has 0 amide bonds. The number of unbranched alkanes of at least 4 members (excludes halogenated alkanes) is 1. The third kappa shape index (κ3) is 6.25. The summed E-state index contributed by atoms with van der Waals surface area (Å²) in [6, 6.07) is 20.3. The zero-order valence-corrected chi connectivity index (χ0v) is 13.2. The molecule has 0 aromatic heterocycles. The summed E-state index contributed by atoms with van der Waals surface area (Å²) in [5.41, 5.74) is 2.31. The summed E-state index contributed by atoms with van der Waals surface area (Å²) in [5, 5.41) is 0. The van der Waals surface area contributed by atoms with Crippen LogP contribution in [-0.2, 0) is 22.7 Å². The molecule has 0 atom stereocenters. The van der Waals surface area contributed by atoms with E-state index in [-0.39, 0.29) is 6.29 Å². The molecule has 0 unspecified atom stereocenters. The fraction of sp³-hybridized carbons (Fsp3) is 0.300. The van der Waals surface area contributed by atoms with Crippen LogP contribution in [0.2, 0.25) is 0 Å². The molecule has 0 radical (unpaired) electrons. The van der Waals surface area contributed by atoms with Gasteiger partial charge in [0.25, 0.3) is 0 Å². The largest absolute Gasteiger partial charge is 0.344 e. The van der Waals surface area contributed by atoms with E-state index in [1.165, 1.54) is 0 Å². The molecular weight excluding hydrogens is 272 g/mol. The Labute approximate surface area is 133 Å². The minimum absolute atomic E-state index is 0.313. The fourth-order valence-electron chi connectivity index (χ4n) is 2.04. The number of hydrogen-bond acceptors (Lipinski definition) is 2. The Kier molecular flexibility index (Phi) is 7.44. The van der Waals surface area contributed by atoms with Crippen molar-refractivity contribution in [2.24, 2.45) is 0 Å². The van der Waals surface area contributed by atoms with Gasteiger partial charge in [-0.25, -0.2) is 0 Å². The average Bonchev–Trinajstić information content (AvgIpc) is 2.59. The first-order valence-electron chi connectivity index (χ1n) is 7.86. The highest BCUT2D eigenvalue weighted by molar-refractivity contribution is 5.14. The Morgan fingerprint density at radius 2 is 1.32 bits per heavy atom. The quantitative estimate of drug-likeness (QED) is 0.473. The van der Waals surface area contributed by atoms with Crippen molar-refractivity contribution in [1.29, 1.82) is 0 Å². The van der Waals surface area contributed by atoms with Crippen LogP contribution in [0.3, 0.4) is 0 Å². The van der Waals surface area contributed by atoms with E-state index in [1.807, 2.05) is 42.5 Å². The van der Waals surface area contributed by atoms with E-state index < -0.39 is 0 Å². The van der Waals surface area contributed by atoms with E-state index >= 15 is 0 Å². The minimum atomic E-state index is -0.313. The Hall–Kier alpha value is -1.90. The topological polar surface area (TPSA) is 18.5 Å². The Bertz CT molecular complexity index is 491. The van der Waals surface area contributed by atoms with Gasteiger partial charge in [-0.1, -0.05) is 80.1 Å². The number of rotatable bonds is 9. The van der Waals surface area contributed by atoms with Crippen molar-refractivity contribution in [2.45, 2.75) is 39.3 Å². The number of ether oxygens (including phenoxy) is 2. The van der Waals surface area contributed by atoms with Crippen LogP contribution in [0.1, 0.15) is 30.9 Å². The normalized spacial score (nSPS) is 11.4. The summed E-state index contributed by atoms with van der Waals surface area (Å²) in [7, 11) is 0. The van der Waals surface area contributed by atoms with Crippen molar-refractivity contribution < 1.29 is 9.47 Å². The lowest BCUT2D eigenvalue weighted by atomic mass is 10.2. The maximum Gasteiger partial charge on any atom is 0.177 e. The van der Waals surface area contributed by atoms with Gasteiger partial charge in [0, 0.05) is 0 Å². The van der Waals surface area contributed by atoms with Crippen LogP contribution in [-0.4, -0.2) is 6.29 Å². The van der Waals surface area contributed by atoms with Gasteiger partial charge in [0.2, 0.25) is 0 Å². The van der Waals surface area contributed by atoms with Gasteiger partial charge in [-0.05, 0) is 23.6 Å². The van der Waals surface area contributed by atoms with Gasteiger partial charge in [-0.3, -0.25) is 0 Å². The second kappa shape index (κ2) is 9.93. The van der Waals surface area contributed by atoms with Crippen molar-refractivity contribution in [2.75, 3.05) is 0 Å². The number of allylic oxidation sites excluding steroid dienone is 1. The molecule has 0 bridgehead atoms. The van der Waals surface area contributed by atoms with Gasteiger partial charge in [-0.2, -0.15) is 0 Å². The van der Waals surface area contributed by atoms with Crippen molar-refractivity contribution >= 4 is 0 Å². The Balaban J connectivity index is 1.87. The molecule has 2 rings (SSSR count). The van der Waals surface area contributed by atoms with Crippen molar-refractivity contribution in [1.82, 2.24) is 0 Å². The van der Waals surface area contributed by atoms with Crippen LogP contribution < -0.4 is 0 Å².